The van der Waals surface area contributed by atoms with Crippen molar-refractivity contribution in [3.8, 4) is 5.75 Å². The van der Waals surface area contributed by atoms with Crippen LogP contribution in [0.2, 0.25) is 0 Å². The van der Waals surface area contributed by atoms with Gasteiger partial charge < -0.3 is 15.2 Å². The molecule has 22 heavy (non-hydrogen) atoms. The van der Waals surface area contributed by atoms with Crippen LogP contribution in [0, 0.1) is 5.82 Å². The zero-order valence-electron chi connectivity index (χ0n) is 11.4. The standard InChI is InChI=1S/C16H13BrFNO3/c17-10-3-6-14-12(7-10)15(13(20)8-22-14)19-16(21)9-1-4-11(18)5-2-9/h1-7,13,15,20H,8H2,(H,19,21). The van der Waals surface area contributed by atoms with Gasteiger partial charge in [-0.15, -0.1) is 0 Å². The molecule has 0 spiro atoms. The van der Waals surface area contributed by atoms with Crippen LogP contribution in [0.25, 0.3) is 0 Å². The largest absolute Gasteiger partial charge is 0.490 e. The Hall–Kier alpha value is -1.92. The lowest BCUT2D eigenvalue weighted by molar-refractivity contribution is 0.0501. The summed E-state index contributed by atoms with van der Waals surface area (Å²) < 4.78 is 19.2. The molecule has 2 aromatic carbocycles. The molecule has 1 amide bonds. The van der Waals surface area contributed by atoms with Gasteiger partial charge in [0.25, 0.3) is 5.91 Å². The molecule has 4 nitrogen and oxygen atoms in total. The summed E-state index contributed by atoms with van der Waals surface area (Å²) in [5.74, 6) is -0.160. The van der Waals surface area contributed by atoms with Crippen molar-refractivity contribution >= 4 is 21.8 Å². The van der Waals surface area contributed by atoms with E-state index in [1.807, 2.05) is 6.07 Å². The van der Waals surface area contributed by atoms with Gasteiger partial charge in [0.1, 0.15) is 24.3 Å². The second-order valence-electron chi connectivity index (χ2n) is 5.02. The smallest absolute Gasteiger partial charge is 0.251 e. The number of rotatable bonds is 2. The number of hydrogen-bond donors (Lipinski definition) is 2. The molecule has 114 valence electrons. The molecule has 0 bridgehead atoms. The molecule has 0 aromatic heterocycles. The molecule has 0 aliphatic carbocycles. The van der Waals surface area contributed by atoms with E-state index in [2.05, 4.69) is 21.2 Å². The van der Waals surface area contributed by atoms with E-state index in [1.165, 1.54) is 24.3 Å². The highest BCUT2D eigenvalue weighted by atomic mass is 79.9. The highest BCUT2D eigenvalue weighted by Gasteiger charge is 2.31. The van der Waals surface area contributed by atoms with Gasteiger partial charge in [-0.25, -0.2) is 4.39 Å². The SMILES string of the molecule is O=C(NC1c2cc(Br)ccc2OCC1O)c1ccc(F)cc1. The average Bonchev–Trinajstić information content (AvgIpc) is 2.51. The molecule has 0 radical (unpaired) electrons. The van der Waals surface area contributed by atoms with Crippen molar-refractivity contribution in [1.29, 1.82) is 0 Å². The lowest BCUT2D eigenvalue weighted by atomic mass is 9.98. The summed E-state index contributed by atoms with van der Waals surface area (Å²) in [5, 5.41) is 12.9. The second-order valence-corrected chi connectivity index (χ2v) is 5.93. The summed E-state index contributed by atoms with van der Waals surface area (Å²) >= 11 is 3.37. The van der Waals surface area contributed by atoms with Gasteiger partial charge in [-0.3, -0.25) is 4.79 Å². The lowest BCUT2D eigenvalue weighted by Gasteiger charge is -2.31. The maximum Gasteiger partial charge on any atom is 0.251 e. The second kappa shape index (κ2) is 6.06. The Morgan fingerprint density at radius 3 is 2.73 bits per heavy atom. The first-order valence-electron chi connectivity index (χ1n) is 6.71. The molecule has 2 N–H and O–H groups in total. The highest BCUT2D eigenvalue weighted by molar-refractivity contribution is 9.10. The quantitative estimate of drug-likeness (QED) is 0.860. The molecular formula is C16H13BrFNO3. The van der Waals surface area contributed by atoms with Crippen molar-refractivity contribution in [3.05, 3.63) is 63.9 Å². The molecule has 0 fully saturated rings. The van der Waals surface area contributed by atoms with Crippen LogP contribution in [0.3, 0.4) is 0 Å². The van der Waals surface area contributed by atoms with Crippen LogP contribution in [-0.2, 0) is 0 Å². The third-order valence-corrected chi connectivity index (χ3v) is 3.99. The van der Waals surface area contributed by atoms with Gasteiger partial charge in [0.05, 0.1) is 6.04 Å². The molecule has 1 aliphatic heterocycles. The lowest BCUT2D eigenvalue weighted by Crippen LogP contribution is -2.42. The molecule has 2 atom stereocenters. The van der Waals surface area contributed by atoms with Gasteiger partial charge >= 0.3 is 0 Å². The Morgan fingerprint density at radius 2 is 2.00 bits per heavy atom. The van der Waals surface area contributed by atoms with Crippen LogP contribution in [0.15, 0.2) is 46.9 Å². The minimum absolute atomic E-state index is 0.100. The van der Waals surface area contributed by atoms with Crippen molar-refractivity contribution in [3.63, 3.8) is 0 Å². The van der Waals surface area contributed by atoms with E-state index >= 15 is 0 Å². The molecule has 0 saturated carbocycles. The molecular weight excluding hydrogens is 353 g/mol. The van der Waals surface area contributed by atoms with Crippen molar-refractivity contribution in [1.82, 2.24) is 5.32 Å². The Labute approximate surface area is 135 Å². The Bertz CT molecular complexity index is 705. The molecule has 2 aromatic rings. The van der Waals surface area contributed by atoms with E-state index < -0.39 is 18.0 Å². The van der Waals surface area contributed by atoms with Crippen LogP contribution in [-0.4, -0.2) is 23.7 Å². The highest BCUT2D eigenvalue weighted by Crippen LogP contribution is 2.34. The number of ether oxygens (including phenoxy) is 1. The van der Waals surface area contributed by atoms with Crippen LogP contribution >= 0.6 is 15.9 Å². The fourth-order valence-electron chi connectivity index (χ4n) is 2.37. The number of fused-ring (bicyclic) bond motifs is 1. The van der Waals surface area contributed by atoms with Crippen molar-refractivity contribution < 1.29 is 19.0 Å². The Morgan fingerprint density at radius 1 is 1.27 bits per heavy atom. The van der Waals surface area contributed by atoms with Crippen molar-refractivity contribution in [2.24, 2.45) is 0 Å². The maximum absolute atomic E-state index is 12.9. The minimum atomic E-state index is -0.855. The molecule has 1 heterocycles. The monoisotopic (exact) mass is 365 g/mol. The van der Waals surface area contributed by atoms with E-state index in [0.29, 0.717) is 16.9 Å². The molecule has 0 saturated heterocycles. The van der Waals surface area contributed by atoms with Gasteiger partial charge in [-0.1, -0.05) is 15.9 Å². The minimum Gasteiger partial charge on any atom is -0.490 e. The van der Waals surface area contributed by atoms with Crippen LogP contribution in [0.4, 0.5) is 4.39 Å². The van der Waals surface area contributed by atoms with Crippen LogP contribution in [0.1, 0.15) is 22.0 Å². The molecule has 3 rings (SSSR count). The van der Waals surface area contributed by atoms with E-state index in [1.54, 1.807) is 12.1 Å². The average molecular weight is 366 g/mol. The zero-order chi connectivity index (χ0) is 15.7. The van der Waals surface area contributed by atoms with Crippen molar-refractivity contribution in [2.75, 3.05) is 6.61 Å². The molecule has 2 unspecified atom stereocenters. The number of aliphatic hydroxyl groups excluding tert-OH is 1. The predicted octanol–water partition coefficient (Wildman–Crippen LogP) is 2.81. The first-order valence-corrected chi connectivity index (χ1v) is 7.50. The van der Waals surface area contributed by atoms with E-state index in [0.717, 1.165) is 4.47 Å². The third-order valence-electron chi connectivity index (χ3n) is 3.49. The fraction of sp³-hybridized carbons (Fsp3) is 0.188. The number of aliphatic hydroxyl groups is 1. The molecule has 6 heteroatoms. The van der Waals surface area contributed by atoms with E-state index in [4.69, 9.17) is 4.74 Å². The van der Waals surface area contributed by atoms with Crippen molar-refractivity contribution in [2.45, 2.75) is 12.1 Å². The normalized spacial score (nSPS) is 20.0. The zero-order valence-corrected chi connectivity index (χ0v) is 13.0. The molecule has 1 aliphatic rings. The summed E-state index contributed by atoms with van der Waals surface area (Å²) in [6, 6.07) is 10.1. The predicted molar refractivity (Wildman–Crippen MR) is 82.3 cm³/mol. The van der Waals surface area contributed by atoms with Gasteiger partial charge in [0, 0.05) is 15.6 Å². The van der Waals surface area contributed by atoms with Gasteiger partial charge in [-0.2, -0.15) is 0 Å². The number of hydrogen-bond acceptors (Lipinski definition) is 3. The van der Waals surface area contributed by atoms with Gasteiger partial charge in [-0.05, 0) is 42.5 Å². The summed E-state index contributed by atoms with van der Waals surface area (Å²) in [6.07, 6.45) is -0.855. The van der Waals surface area contributed by atoms with Gasteiger partial charge in [0.15, 0.2) is 0 Å². The number of halogens is 2. The fourth-order valence-corrected chi connectivity index (χ4v) is 2.75. The number of nitrogens with one attached hydrogen (secondary N) is 1. The van der Waals surface area contributed by atoms with Crippen LogP contribution < -0.4 is 10.1 Å². The summed E-state index contributed by atoms with van der Waals surface area (Å²) in [7, 11) is 0. The Balaban J connectivity index is 1.87. The number of benzene rings is 2. The summed E-state index contributed by atoms with van der Waals surface area (Å²) in [6.45, 7) is 0.100. The maximum atomic E-state index is 12.9. The first-order chi connectivity index (χ1) is 10.5. The van der Waals surface area contributed by atoms with E-state index in [-0.39, 0.29) is 12.5 Å². The van der Waals surface area contributed by atoms with E-state index in [9.17, 15) is 14.3 Å². The summed E-state index contributed by atoms with van der Waals surface area (Å²) in [4.78, 5) is 12.3. The summed E-state index contributed by atoms with van der Waals surface area (Å²) in [5.41, 5.74) is 1.03. The van der Waals surface area contributed by atoms with Crippen LogP contribution in [0.5, 0.6) is 5.75 Å². The number of amides is 1. The topological polar surface area (TPSA) is 58.6 Å². The first kappa shape index (κ1) is 15.0. The number of carbonyl (C=O) groups excluding carboxylic acids is 1. The Kier molecular flexibility index (Phi) is 4.13. The number of carbonyl (C=O) groups is 1. The van der Waals surface area contributed by atoms with Gasteiger partial charge in [0.2, 0.25) is 0 Å². The third kappa shape index (κ3) is 2.98.